The van der Waals surface area contributed by atoms with Crippen LogP contribution in [0.1, 0.15) is 5.56 Å². The number of benzene rings is 1. The molecule has 0 aliphatic carbocycles. The fourth-order valence-corrected chi connectivity index (χ4v) is 1.98. The van der Waals surface area contributed by atoms with Crippen molar-refractivity contribution >= 4 is 28.8 Å². The van der Waals surface area contributed by atoms with Gasteiger partial charge in [0.05, 0.1) is 7.11 Å². The Morgan fingerprint density at radius 3 is 2.80 bits per heavy atom. The molecule has 0 saturated carbocycles. The minimum absolute atomic E-state index is 0.0959. The molecule has 1 heterocycles. The Bertz CT molecular complexity index is 650. The average molecular weight is 277 g/mol. The first kappa shape index (κ1) is 13.9. The molecule has 20 heavy (non-hydrogen) atoms. The highest BCUT2D eigenvalue weighted by Gasteiger charge is 2.19. The third kappa shape index (κ3) is 2.72. The van der Waals surface area contributed by atoms with E-state index in [0.29, 0.717) is 11.4 Å². The van der Waals surface area contributed by atoms with Crippen LogP contribution in [0.4, 0.5) is 10.6 Å². The van der Waals surface area contributed by atoms with Crippen LogP contribution in [0.2, 0.25) is 0 Å². The number of carboxylic acid groups (broad SMARTS) is 1. The number of para-hydroxylation sites is 1. The van der Waals surface area contributed by atoms with Gasteiger partial charge in [-0.3, -0.25) is 10.1 Å². The first-order valence-corrected chi connectivity index (χ1v) is 5.96. The zero-order valence-electron chi connectivity index (χ0n) is 10.8. The Kier molecular flexibility index (Phi) is 3.90. The highest BCUT2D eigenvalue weighted by atomic mass is 16.5. The molecule has 0 fully saturated rings. The zero-order chi connectivity index (χ0) is 14.7. The summed E-state index contributed by atoms with van der Waals surface area (Å²) < 4.78 is 4.54. The van der Waals surface area contributed by atoms with E-state index in [1.165, 1.54) is 7.11 Å². The molecular weight excluding hydrogens is 262 g/mol. The second-order valence-corrected chi connectivity index (χ2v) is 4.29. The first-order valence-electron chi connectivity index (χ1n) is 5.96. The zero-order valence-corrected chi connectivity index (χ0v) is 10.8. The molecule has 2 rings (SSSR count). The van der Waals surface area contributed by atoms with Crippen molar-refractivity contribution in [2.24, 2.45) is 5.73 Å². The summed E-state index contributed by atoms with van der Waals surface area (Å²) >= 11 is 0. The van der Waals surface area contributed by atoms with Crippen molar-refractivity contribution in [3.63, 3.8) is 0 Å². The number of hydrogen-bond donors (Lipinski definition) is 4. The molecule has 0 spiro atoms. The molecule has 0 aliphatic rings. The van der Waals surface area contributed by atoms with Crippen molar-refractivity contribution < 1.29 is 19.4 Å². The second-order valence-electron chi connectivity index (χ2n) is 4.29. The summed E-state index contributed by atoms with van der Waals surface area (Å²) in [7, 11) is 1.25. The number of carbonyl (C=O) groups is 2. The van der Waals surface area contributed by atoms with Crippen LogP contribution in [-0.2, 0) is 16.0 Å². The van der Waals surface area contributed by atoms with Crippen molar-refractivity contribution in [3.8, 4) is 0 Å². The molecule has 7 heteroatoms. The van der Waals surface area contributed by atoms with Crippen molar-refractivity contribution in [3.05, 3.63) is 29.8 Å². The fourth-order valence-electron chi connectivity index (χ4n) is 1.98. The number of fused-ring (bicyclic) bond motifs is 1. The van der Waals surface area contributed by atoms with Crippen LogP contribution in [0, 0.1) is 0 Å². The number of aromatic amines is 1. The fraction of sp³-hybridized carbons (Fsp3) is 0.231. The summed E-state index contributed by atoms with van der Waals surface area (Å²) in [6.07, 6.45) is -0.541. The van der Waals surface area contributed by atoms with Crippen molar-refractivity contribution in [2.45, 2.75) is 12.5 Å². The molecule has 2 aromatic rings. The molecule has 106 valence electrons. The van der Waals surface area contributed by atoms with Crippen LogP contribution in [0.25, 0.3) is 10.9 Å². The van der Waals surface area contributed by atoms with Crippen LogP contribution < -0.4 is 11.1 Å². The van der Waals surface area contributed by atoms with Gasteiger partial charge in [0.2, 0.25) is 0 Å². The van der Waals surface area contributed by atoms with Crippen LogP contribution >= 0.6 is 0 Å². The summed E-state index contributed by atoms with van der Waals surface area (Å²) in [5.41, 5.74) is 7.00. The number of amides is 1. The number of ether oxygens (including phenoxy) is 1. The minimum Gasteiger partial charge on any atom is -0.480 e. The van der Waals surface area contributed by atoms with E-state index in [-0.39, 0.29) is 6.42 Å². The maximum Gasteiger partial charge on any atom is 0.412 e. The third-order valence-electron chi connectivity index (χ3n) is 2.97. The summed E-state index contributed by atoms with van der Waals surface area (Å²) in [5.74, 6) is -0.700. The van der Waals surface area contributed by atoms with Crippen LogP contribution in [0.15, 0.2) is 24.3 Å². The molecule has 0 unspecified atom stereocenters. The van der Waals surface area contributed by atoms with Crippen molar-refractivity contribution in [1.29, 1.82) is 0 Å². The SMILES string of the molecule is COC(=O)Nc1[nH]c2ccccc2c1C[C@H](N)C(=O)O. The maximum absolute atomic E-state index is 11.3. The number of nitrogens with two attached hydrogens (primary N) is 1. The van der Waals surface area contributed by atoms with Gasteiger partial charge in [0, 0.05) is 22.9 Å². The number of methoxy groups -OCH3 is 1. The van der Waals surface area contributed by atoms with Crippen LogP contribution in [0.5, 0.6) is 0 Å². The van der Waals surface area contributed by atoms with E-state index >= 15 is 0 Å². The number of anilines is 1. The highest BCUT2D eigenvalue weighted by molar-refractivity contribution is 5.94. The first-order chi connectivity index (χ1) is 9.52. The largest absolute Gasteiger partial charge is 0.480 e. The van der Waals surface area contributed by atoms with Gasteiger partial charge in [0.25, 0.3) is 0 Å². The molecule has 5 N–H and O–H groups in total. The van der Waals surface area contributed by atoms with E-state index in [4.69, 9.17) is 10.8 Å². The van der Waals surface area contributed by atoms with Crippen LogP contribution in [-0.4, -0.2) is 35.3 Å². The minimum atomic E-state index is -1.10. The lowest BCUT2D eigenvalue weighted by molar-refractivity contribution is -0.138. The number of aliphatic carboxylic acids is 1. The molecule has 0 bridgehead atoms. The number of hydrogen-bond acceptors (Lipinski definition) is 4. The summed E-state index contributed by atoms with van der Waals surface area (Å²) in [5, 5.41) is 12.3. The van der Waals surface area contributed by atoms with Gasteiger partial charge in [-0.1, -0.05) is 18.2 Å². The molecule has 0 aliphatic heterocycles. The molecular formula is C13H15N3O4. The third-order valence-corrected chi connectivity index (χ3v) is 2.97. The standard InChI is InChI=1S/C13H15N3O4/c1-20-13(19)16-11-8(6-9(14)12(17)18)7-4-2-3-5-10(7)15-11/h2-5,9,15H,6,14H2,1H3,(H,16,19)(H,17,18)/t9-/m0/s1. The highest BCUT2D eigenvalue weighted by Crippen LogP contribution is 2.27. The molecule has 0 saturated heterocycles. The Balaban J connectivity index is 2.44. The number of rotatable bonds is 4. The average Bonchev–Trinajstić information content (AvgIpc) is 2.76. The van der Waals surface area contributed by atoms with E-state index in [2.05, 4.69) is 15.0 Å². The Hall–Kier alpha value is -2.54. The lowest BCUT2D eigenvalue weighted by Gasteiger charge is -2.09. The summed E-state index contributed by atoms with van der Waals surface area (Å²) in [6, 6.07) is 6.27. The summed E-state index contributed by atoms with van der Waals surface area (Å²) in [6.45, 7) is 0. The van der Waals surface area contributed by atoms with Gasteiger partial charge in [-0.2, -0.15) is 0 Å². The van der Waals surface area contributed by atoms with E-state index in [0.717, 1.165) is 10.9 Å². The van der Waals surface area contributed by atoms with E-state index < -0.39 is 18.1 Å². The van der Waals surface area contributed by atoms with Crippen molar-refractivity contribution in [1.82, 2.24) is 4.98 Å². The lowest BCUT2D eigenvalue weighted by Crippen LogP contribution is -2.32. The normalized spacial score (nSPS) is 12.1. The Morgan fingerprint density at radius 2 is 2.15 bits per heavy atom. The Morgan fingerprint density at radius 1 is 1.45 bits per heavy atom. The quantitative estimate of drug-likeness (QED) is 0.672. The van der Waals surface area contributed by atoms with Gasteiger partial charge in [0.15, 0.2) is 0 Å². The van der Waals surface area contributed by atoms with Gasteiger partial charge in [-0.05, 0) is 6.07 Å². The molecule has 1 atom stereocenters. The van der Waals surface area contributed by atoms with Gasteiger partial charge in [-0.15, -0.1) is 0 Å². The molecule has 7 nitrogen and oxygen atoms in total. The van der Waals surface area contributed by atoms with Crippen LogP contribution in [0.3, 0.4) is 0 Å². The van der Waals surface area contributed by atoms with Crippen molar-refractivity contribution in [2.75, 3.05) is 12.4 Å². The van der Waals surface area contributed by atoms with E-state index in [1.54, 1.807) is 0 Å². The Labute approximate surface area is 114 Å². The van der Waals surface area contributed by atoms with E-state index in [1.807, 2.05) is 24.3 Å². The maximum atomic E-state index is 11.3. The van der Waals surface area contributed by atoms with Gasteiger partial charge in [-0.25, -0.2) is 4.79 Å². The molecule has 1 amide bonds. The number of carboxylic acids is 1. The predicted octanol–water partition coefficient (Wildman–Crippen LogP) is 1.30. The number of aromatic nitrogens is 1. The number of carbonyl (C=O) groups excluding carboxylic acids is 1. The smallest absolute Gasteiger partial charge is 0.412 e. The second kappa shape index (κ2) is 5.62. The number of nitrogens with one attached hydrogen (secondary N) is 2. The topological polar surface area (TPSA) is 117 Å². The lowest BCUT2D eigenvalue weighted by atomic mass is 10.0. The van der Waals surface area contributed by atoms with E-state index in [9.17, 15) is 9.59 Å². The monoisotopic (exact) mass is 277 g/mol. The van der Waals surface area contributed by atoms with Gasteiger partial charge >= 0.3 is 12.1 Å². The van der Waals surface area contributed by atoms with Gasteiger partial charge < -0.3 is 20.6 Å². The molecule has 0 radical (unpaired) electrons. The predicted molar refractivity (Wildman–Crippen MR) is 73.6 cm³/mol. The number of H-pyrrole nitrogens is 1. The summed E-state index contributed by atoms with van der Waals surface area (Å²) in [4.78, 5) is 25.2. The molecule has 1 aromatic heterocycles. The van der Waals surface area contributed by atoms with Gasteiger partial charge in [0.1, 0.15) is 11.9 Å². The molecule has 1 aromatic carbocycles.